The van der Waals surface area contributed by atoms with Crippen LogP contribution < -0.4 is 20.3 Å². The average Bonchev–Trinajstić information content (AvgIpc) is 3.06. The van der Waals surface area contributed by atoms with E-state index in [-0.39, 0.29) is 0 Å². The Morgan fingerprint density at radius 1 is 0.967 bits per heavy atom. The molecule has 2 N–H and O–H groups in total. The highest BCUT2D eigenvalue weighted by molar-refractivity contribution is 6.39. The van der Waals surface area contributed by atoms with Crippen molar-refractivity contribution < 1.29 is 14.3 Å². The minimum atomic E-state index is -0.676. The summed E-state index contributed by atoms with van der Waals surface area (Å²) < 4.78 is 5.11. The summed E-state index contributed by atoms with van der Waals surface area (Å²) in [6.45, 7) is 2.74. The molecule has 0 spiro atoms. The number of aryl methyl sites for hydroxylation is 1. The van der Waals surface area contributed by atoms with Gasteiger partial charge in [0.1, 0.15) is 5.75 Å². The summed E-state index contributed by atoms with van der Waals surface area (Å²) in [6, 6.07) is 15.6. The van der Waals surface area contributed by atoms with Crippen molar-refractivity contribution in [3.63, 3.8) is 0 Å². The standard InChI is InChI=1S/C24H31N3O3/c1-30-22-10-6-9-20(18-22)26-24(29)23(28)25-15-7-8-19-11-13-21(14-12-19)27-16-4-2-3-5-17-27/h6,9-14,18H,2-5,7-8,15-17H2,1H3,(H,25,28)(H,26,29). The number of nitrogens with one attached hydrogen (secondary N) is 2. The van der Waals surface area contributed by atoms with Gasteiger partial charge in [-0.3, -0.25) is 9.59 Å². The second-order valence-electron chi connectivity index (χ2n) is 7.61. The van der Waals surface area contributed by atoms with Gasteiger partial charge >= 0.3 is 11.8 Å². The summed E-state index contributed by atoms with van der Waals surface area (Å²) >= 11 is 0. The van der Waals surface area contributed by atoms with Crippen molar-refractivity contribution in [1.82, 2.24) is 5.32 Å². The van der Waals surface area contributed by atoms with Gasteiger partial charge in [0.05, 0.1) is 7.11 Å². The number of methoxy groups -OCH3 is 1. The molecule has 0 aromatic heterocycles. The normalized spacial score (nSPS) is 14.0. The fourth-order valence-electron chi connectivity index (χ4n) is 3.67. The molecule has 0 aliphatic carbocycles. The number of amides is 2. The van der Waals surface area contributed by atoms with Crippen molar-refractivity contribution in [2.75, 3.05) is 37.0 Å². The highest BCUT2D eigenvalue weighted by Gasteiger charge is 2.13. The zero-order chi connectivity index (χ0) is 21.2. The number of rotatable bonds is 7. The lowest BCUT2D eigenvalue weighted by Gasteiger charge is -2.22. The number of nitrogens with zero attached hydrogens (tertiary/aromatic N) is 1. The highest BCUT2D eigenvalue weighted by Crippen LogP contribution is 2.20. The summed E-state index contributed by atoms with van der Waals surface area (Å²) in [7, 11) is 1.55. The molecule has 1 aliphatic rings. The minimum absolute atomic E-state index is 0.457. The van der Waals surface area contributed by atoms with E-state index < -0.39 is 11.8 Å². The van der Waals surface area contributed by atoms with Crippen LogP contribution in [0.25, 0.3) is 0 Å². The summed E-state index contributed by atoms with van der Waals surface area (Å²) in [4.78, 5) is 26.5. The Balaban J connectivity index is 1.38. The van der Waals surface area contributed by atoms with Gasteiger partial charge in [0.15, 0.2) is 0 Å². The first-order chi connectivity index (χ1) is 14.7. The quantitative estimate of drug-likeness (QED) is 0.540. The van der Waals surface area contributed by atoms with Crippen LogP contribution in [0.2, 0.25) is 0 Å². The van der Waals surface area contributed by atoms with Gasteiger partial charge in [-0.2, -0.15) is 0 Å². The summed E-state index contributed by atoms with van der Waals surface area (Å²) in [5.74, 6) is -0.686. The molecule has 6 heteroatoms. The van der Waals surface area contributed by atoms with Crippen LogP contribution in [0.15, 0.2) is 48.5 Å². The Morgan fingerprint density at radius 2 is 1.70 bits per heavy atom. The predicted molar refractivity (Wildman–Crippen MR) is 120 cm³/mol. The Hall–Kier alpha value is -3.02. The molecule has 6 nitrogen and oxygen atoms in total. The van der Waals surface area contributed by atoms with Crippen molar-refractivity contribution >= 4 is 23.2 Å². The molecule has 2 aromatic carbocycles. The minimum Gasteiger partial charge on any atom is -0.497 e. The lowest BCUT2D eigenvalue weighted by molar-refractivity contribution is -0.136. The lowest BCUT2D eigenvalue weighted by atomic mass is 10.1. The first-order valence-corrected chi connectivity index (χ1v) is 10.7. The Kier molecular flexibility index (Phi) is 8.12. The third kappa shape index (κ3) is 6.51. The number of hydrogen-bond donors (Lipinski definition) is 2. The average molecular weight is 410 g/mol. The molecule has 1 aliphatic heterocycles. The van der Waals surface area contributed by atoms with E-state index in [1.165, 1.54) is 36.9 Å². The van der Waals surface area contributed by atoms with Gasteiger partial charge in [-0.05, 0) is 55.5 Å². The summed E-state index contributed by atoms with van der Waals surface area (Å²) in [5, 5.41) is 5.26. The van der Waals surface area contributed by atoms with Crippen LogP contribution in [0, 0.1) is 0 Å². The van der Waals surface area contributed by atoms with E-state index in [1.807, 2.05) is 0 Å². The van der Waals surface area contributed by atoms with E-state index in [4.69, 9.17) is 4.74 Å². The first kappa shape index (κ1) is 21.7. The van der Waals surface area contributed by atoms with Crippen molar-refractivity contribution in [2.24, 2.45) is 0 Å². The van der Waals surface area contributed by atoms with Gasteiger partial charge in [-0.1, -0.05) is 31.0 Å². The lowest BCUT2D eigenvalue weighted by Crippen LogP contribution is -2.36. The molecule has 2 aromatic rings. The number of benzene rings is 2. The van der Waals surface area contributed by atoms with Gasteiger partial charge in [-0.25, -0.2) is 0 Å². The number of hydrogen-bond acceptors (Lipinski definition) is 4. The molecule has 0 unspecified atom stereocenters. The van der Waals surface area contributed by atoms with E-state index >= 15 is 0 Å². The van der Waals surface area contributed by atoms with Gasteiger partial charge in [-0.15, -0.1) is 0 Å². The van der Waals surface area contributed by atoms with Gasteiger partial charge in [0.2, 0.25) is 0 Å². The fraction of sp³-hybridized carbons (Fsp3) is 0.417. The number of anilines is 2. The SMILES string of the molecule is COc1cccc(NC(=O)C(=O)NCCCc2ccc(N3CCCCCC3)cc2)c1. The number of ether oxygens (including phenoxy) is 1. The number of carbonyl (C=O) groups is 2. The molecule has 0 atom stereocenters. The summed E-state index contributed by atoms with van der Waals surface area (Å²) in [6.07, 6.45) is 6.84. The maximum atomic E-state index is 12.0. The Morgan fingerprint density at radius 3 is 2.40 bits per heavy atom. The third-order valence-corrected chi connectivity index (χ3v) is 5.37. The molecular formula is C24H31N3O3. The van der Waals surface area contributed by atoms with Crippen LogP contribution >= 0.6 is 0 Å². The fourth-order valence-corrected chi connectivity index (χ4v) is 3.67. The maximum Gasteiger partial charge on any atom is 0.313 e. The zero-order valence-corrected chi connectivity index (χ0v) is 17.7. The van der Waals surface area contributed by atoms with Gasteiger partial charge < -0.3 is 20.3 Å². The molecule has 1 saturated heterocycles. The molecule has 2 amide bonds. The smallest absolute Gasteiger partial charge is 0.313 e. The van der Waals surface area contributed by atoms with Gasteiger partial charge in [0.25, 0.3) is 0 Å². The van der Waals surface area contributed by atoms with E-state index in [0.29, 0.717) is 18.0 Å². The monoisotopic (exact) mass is 409 g/mol. The second kappa shape index (κ2) is 11.2. The molecule has 1 heterocycles. The van der Waals surface area contributed by atoms with E-state index in [1.54, 1.807) is 31.4 Å². The molecule has 30 heavy (non-hydrogen) atoms. The maximum absolute atomic E-state index is 12.0. The molecule has 160 valence electrons. The molecule has 0 radical (unpaired) electrons. The third-order valence-electron chi connectivity index (χ3n) is 5.37. The zero-order valence-electron chi connectivity index (χ0n) is 17.7. The molecule has 0 bridgehead atoms. The van der Waals surface area contributed by atoms with Gasteiger partial charge in [0, 0.05) is 37.1 Å². The Labute approximate surface area is 178 Å². The van der Waals surface area contributed by atoms with Crippen molar-refractivity contribution in [1.29, 1.82) is 0 Å². The topological polar surface area (TPSA) is 70.7 Å². The van der Waals surface area contributed by atoms with E-state index in [2.05, 4.69) is 39.8 Å². The van der Waals surface area contributed by atoms with Crippen LogP contribution in [0.5, 0.6) is 5.75 Å². The molecule has 0 saturated carbocycles. The largest absolute Gasteiger partial charge is 0.497 e. The van der Waals surface area contributed by atoms with E-state index in [0.717, 1.165) is 25.9 Å². The van der Waals surface area contributed by atoms with Crippen molar-refractivity contribution in [3.05, 3.63) is 54.1 Å². The highest BCUT2D eigenvalue weighted by atomic mass is 16.5. The Bertz CT molecular complexity index is 828. The molecule has 1 fully saturated rings. The molecule has 3 rings (SSSR count). The van der Waals surface area contributed by atoms with E-state index in [9.17, 15) is 9.59 Å². The first-order valence-electron chi connectivity index (χ1n) is 10.7. The van der Waals surface area contributed by atoms with Crippen LogP contribution in [0.3, 0.4) is 0 Å². The van der Waals surface area contributed by atoms with Crippen LogP contribution in [0.4, 0.5) is 11.4 Å². The number of carbonyl (C=O) groups excluding carboxylic acids is 2. The van der Waals surface area contributed by atoms with Crippen LogP contribution in [-0.2, 0) is 16.0 Å². The van der Waals surface area contributed by atoms with Crippen LogP contribution in [0.1, 0.15) is 37.7 Å². The summed E-state index contributed by atoms with van der Waals surface area (Å²) in [5.41, 5.74) is 3.06. The molecular weight excluding hydrogens is 378 g/mol. The van der Waals surface area contributed by atoms with Crippen LogP contribution in [-0.4, -0.2) is 38.6 Å². The predicted octanol–water partition coefficient (Wildman–Crippen LogP) is 3.76. The van der Waals surface area contributed by atoms with Crippen molar-refractivity contribution in [3.8, 4) is 5.75 Å². The van der Waals surface area contributed by atoms with Crippen molar-refractivity contribution in [2.45, 2.75) is 38.5 Å². The second-order valence-corrected chi connectivity index (χ2v) is 7.61.